The van der Waals surface area contributed by atoms with Crippen LogP contribution in [0.5, 0.6) is 0 Å². The van der Waals surface area contributed by atoms with Gasteiger partial charge in [0.2, 0.25) is 5.91 Å². The molecule has 2 aromatic rings. The Balaban J connectivity index is 2.06. The number of nitrogens with one attached hydrogen (secondary N) is 2. The highest BCUT2D eigenvalue weighted by molar-refractivity contribution is 7.98. The summed E-state index contributed by atoms with van der Waals surface area (Å²) < 4.78 is 0. The van der Waals surface area contributed by atoms with E-state index >= 15 is 0 Å². The molecule has 0 saturated carbocycles. The third-order valence-electron chi connectivity index (χ3n) is 4.66. The molecule has 0 unspecified atom stereocenters. The number of nitro groups is 1. The van der Waals surface area contributed by atoms with Crippen LogP contribution in [-0.4, -0.2) is 28.9 Å². The van der Waals surface area contributed by atoms with Crippen LogP contribution in [0.15, 0.2) is 41.3 Å². The number of amides is 3. The molecule has 144 valence electrons. The van der Waals surface area contributed by atoms with Crippen LogP contribution in [-0.2, 0) is 10.2 Å². The van der Waals surface area contributed by atoms with Crippen molar-refractivity contribution in [2.45, 2.75) is 24.2 Å². The summed E-state index contributed by atoms with van der Waals surface area (Å²) in [5.41, 5.74) is -1.41. The number of carbonyl (C=O) groups is 3. The molecule has 0 radical (unpaired) electrons. The molecule has 0 saturated heterocycles. The lowest BCUT2D eigenvalue weighted by Gasteiger charge is -2.30. The Morgan fingerprint density at radius 3 is 2.36 bits per heavy atom. The van der Waals surface area contributed by atoms with E-state index in [2.05, 4.69) is 10.6 Å². The fraction of sp³-hybridized carbons (Fsp3) is 0.211. The minimum absolute atomic E-state index is 0.108. The third-order valence-corrected chi connectivity index (χ3v) is 5.40. The van der Waals surface area contributed by atoms with E-state index in [9.17, 15) is 24.5 Å². The molecular formula is C19H17N3O5S. The first-order chi connectivity index (χ1) is 13.2. The van der Waals surface area contributed by atoms with Gasteiger partial charge in [-0.05, 0) is 56.0 Å². The smallest absolute Gasteiger partial charge is 0.305 e. The molecule has 9 heteroatoms. The second kappa shape index (κ2) is 7.08. The number of fused-ring (bicyclic) bond motifs is 1. The van der Waals surface area contributed by atoms with Crippen molar-refractivity contribution in [3.8, 4) is 0 Å². The van der Waals surface area contributed by atoms with E-state index < -0.39 is 33.7 Å². The molecule has 1 aliphatic heterocycles. The van der Waals surface area contributed by atoms with Crippen molar-refractivity contribution in [1.82, 2.24) is 5.32 Å². The van der Waals surface area contributed by atoms with Gasteiger partial charge in [0.05, 0.1) is 10.3 Å². The number of hydrogen-bond donors (Lipinski definition) is 2. The SMILES string of the molecule is CSc1ccc(C(=O)Nc2ccc3c(c2[N+](=O)[O-])C(=O)NC(=O)C3(C)C)cc1. The van der Waals surface area contributed by atoms with Crippen molar-refractivity contribution in [2.75, 3.05) is 11.6 Å². The Hall–Kier alpha value is -3.20. The molecule has 0 aliphatic carbocycles. The Labute approximate surface area is 164 Å². The summed E-state index contributed by atoms with van der Waals surface area (Å²) in [5.74, 6) is -1.93. The van der Waals surface area contributed by atoms with Crippen LogP contribution in [0.4, 0.5) is 11.4 Å². The maximum Gasteiger partial charge on any atom is 0.305 e. The predicted octanol–water partition coefficient (Wildman–Crippen LogP) is 3.12. The number of carbonyl (C=O) groups excluding carboxylic acids is 3. The van der Waals surface area contributed by atoms with Crippen LogP contribution in [0.3, 0.4) is 0 Å². The fourth-order valence-corrected chi connectivity index (χ4v) is 3.42. The van der Waals surface area contributed by atoms with Crippen LogP contribution >= 0.6 is 11.8 Å². The molecule has 1 heterocycles. The zero-order valence-corrected chi connectivity index (χ0v) is 16.2. The Kier molecular flexibility index (Phi) is 4.95. The first-order valence-electron chi connectivity index (χ1n) is 8.30. The summed E-state index contributed by atoms with van der Waals surface area (Å²) >= 11 is 1.52. The topological polar surface area (TPSA) is 118 Å². The van der Waals surface area contributed by atoms with Crippen LogP contribution in [0.25, 0.3) is 0 Å². The van der Waals surface area contributed by atoms with E-state index in [1.54, 1.807) is 38.1 Å². The molecule has 0 aromatic heterocycles. The summed E-state index contributed by atoms with van der Waals surface area (Å²) in [4.78, 5) is 48.9. The number of nitrogens with zero attached hydrogens (tertiary/aromatic N) is 1. The maximum atomic E-state index is 12.5. The molecular weight excluding hydrogens is 382 g/mol. The van der Waals surface area contributed by atoms with Crippen molar-refractivity contribution in [2.24, 2.45) is 0 Å². The lowest BCUT2D eigenvalue weighted by molar-refractivity contribution is -0.384. The lowest BCUT2D eigenvalue weighted by atomic mass is 9.77. The van der Waals surface area contributed by atoms with E-state index in [0.29, 0.717) is 5.56 Å². The zero-order chi connectivity index (χ0) is 20.6. The molecule has 3 rings (SSSR count). The fourth-order valence-electron chi connectivity index (χ4n) is 3.01. The van der Waals surface area contributed by atoms with Crippen LogP contribution in [0, 0.1) is 10.1 Å². The molecule has 3 amide bonds. The number of thioether (sulfide) groups is 1. The van der Waals surface area contributed by atoms with Gasteiger partial charge in [0.1, 0.15) is 11.3 Å². The Morgan fingerprint density at radius 1 is 1.14 bits per heavy atom. The highest BCUT2D eigenvalue weighted by Gasteiger charge is 2.44. The molecule has 0 atom stereocenters. The van der Waals surface area contributed by atoms with Gasteiger partial charge in [-0.3, -0.25) is 29.8 Å². The van der Waals surface area contributed by atoms with E-state index in [4.69, 9.17) is 0 Å². The number of hydrogen-bond acceptors (Lipinski definition) is 6. The van der Waals surface area contributed by atoms with Gasteiger partial charge in [-0.15, -0.1) is 11.8 Å². The number of imide groups is 1. The largest absolute Gasteiger partial charge is 0.316 e. The quantitative estimate of drug-likeness (QED) is 0.353. The number of anilines is 1. The molecule has 2 aromatic carbocycles. The molecule has 28 heavy (non-hydrogen) atoms. The average Bonchev–Trinajstić information content (AvgIpc) is 2.66. The standard InChI is InChI=1S/C19H17N3O5S/c1-19(2)12-8-9-13(15(22(26)27)14(12)17(24)21-18(19)25)20-16(23)10-4-6-11(28-3)7-5-10/h4-9H,1-3H3,(H,20,23)(H,21,24,25). The zero-order valence-electron chi connectivity index (χ0n) is 15.4. The van der Waals surface area contributed by atoms with Gasteiger partial charge in [0.25, 0.3) is 11.8 Å². The summed E-state index contributed by atoms with van der Waals surface area (Å²) in [6.45, 7) is 3.14. The Bertz CT molecular complexity index is 1010. The third kappa shape index (κ3) is 3.24. The van der Waals surface area contributed by atoms with Gasteiger partial charge in [-0.1, -0.05) is 6.07 Å². The predicted molar refractivity (Wildman–Crippen MR) is 105 cm³/mol. The van der Waals surface area contributed by atoms with Crippen molar-refractivity contribution >= 4 is 40.9 Å². The van der Waals surface area contributed by atoms with Gasteiger partial charge in [0, 0.05) is 10.5 Å². The van der Waals surface area contributed by atoms with Gasteiger partial charge in [-0.2, -0.15) is 0 Å². The first-order valence-corrected chi connectivity index (χ1v) is 9.52. The van der Waals surface area contributed by atoms with Crippen molar-refractivity contribution in [3.05, 3.63) is 63.2 Å². The molecule has 1 aliphatic rings. The first kappa shape index (κ1) is 19.6. The molecule has 0 bridgehead atoms. The van der Waals surface area contributed by atoms with E-state index in [0.717, 1.165) is 4.90 Å². The van der Waals surface area contributed by atoms with Crippen LogP contribution < -0.4 is 10.6 Å². The maximum absolute atomic E-state index is 12.5. The second-order valence-electron chi connectivity index (χ2n) is 6.73. The van der Waals surface area contributed by atoms with Crippen LogP contribution in [0.1, 0.15) is 40.1 Å². The number of nitro benzene ring substituents is 1. The lowest BCUT2D eigenvalue weighted by Crippen LogP contribution is -2.49. The highest BCUT2D eigenvalue weighted by Crippen LogP contribution is 2.39. The normalized spacial score (nSPS) is 14.8. The van der Waals surface area contributed by atoms with E-state index in [1.807, 2.05) is 6.26 Å². The summed E-state index contributed by atoms with van der Waals surface area (Å²) in [6, 6.07) is 9.56. The van der Waals surface area contributed by atoms with Gasteiger partial charge < -0.3 is 5.32 Å². The van der Waals surface area contributed by atoms with Crippen molar-refractivity contribution in [3.63, 3.8) is 0 Å². The van der Waals surface area contributed by atoms with E-state index in [-0.39, 0.29) is 16.8 Å². The van der Waals surface area contributed by atoms with Crippen LogP contribution in [0.2, 0.25) is 0 Å². The monoisotopic (exact) mass is 399 g/mol. The minimum Gasteiger partial charge on any atom is -0.316 e. The summed E-state index contributed by atoms with van der Waals surface area (Å²) in [7, 11) is 0. The number of benzene rings is 2. The van der Waals surface area contributed by atoms with Gasteiger partial charge in [-0.25, -0.2) is 0 Å². The Morgan fingerprint density at radius 2 is 1.79 bits per heavy atom. The second-order valence-corrected chi connectivity index (χ2v) is 7.61. The molecule has 0 spiro atoms. The van der Waals surface area contributed by atoms with Gasteiger partial charge >= 0.3 is 5.69 Å². The highest BCUT2D eigenvalue weighted by atomic mass is 32.2. The molecule has 2 N–H and O–H groups in total. The molecule has 8 nitrogen and oxygen atoms in total. The average molecular weight is 399 g/mol. The van der Waals surface area contributed by atoms with Gasteiger partial charge in [0.15, 0.2) is 0 Å². The summed E-state index contributed by atoms with van der Waals surface area (Å²) in [6.07, 6.45) is 1.91. The minimum atomic E-state index is -1.12. The van der Waals surface area contributed by atoms with Crippen molar-refractivity contribution in [1.29, 1.82) is 0 Å². The van der Waals surface area contributed by atoms with E-state index in [1.165, 1.54) is 23.9 Å². The number of rotatable bonds is 4. The van der Waals surface area contributed by atoms with Crippen molar-refractivity contribution < 1.29 is 19.3 Å². The summed E-state index contributed by atoms with van der Waals surface area (Å²) in [5, 5.41) is 16.4. The molecule has 0 fully saturated rings.